The maximum atomic E-state index is 3.60. The molecule has 1 aromatic rings. The molecule has 1 nitrogen and oxygen atoms in total. The molecule has 16 heavy (non-hydrogen) atoms. The number of hydrogen-bond acceptors (Lipinski definition) is 1. The van der Waals surface area contributed by atoms with Crippen molar-refractivity contribution in [3.63, 3.8) is 0 Å². The summed E-state index contributed by atoms with van der Waals surface area (Å²) in [4.78, 5) is 0. The van der Waals surface area contributed by atoms with Crippen molar-refractivity contribution in [1.29, 1.82) is 0 Å². The monoisotopic (exact) mass is 219 g/mol. The summed E-state index contributed by atoms with van der Waals surface area (Å²) < 4.78 is 0. The van der Waals surface area contributed by atoms with Crippen LogP contribution in [0.3, 0.4) is 0 Å². The quantitative estimate of drug-likeness (QED) is 0.677. The zero-order chi connectivity index (χ0) is 11.8. The molecule has 0 bridgehead atoms. The Bertz CT molecular complexity index is 293. The molecule has 0 saturated carbocycles. The lowest BCUT2D eigenvalue weighted by atomic mass is 10.0. The van der Waals surface area contributed by atoms with Crippen LogP contribution >= 0.6 is 0 Å². The molecule has 0 aromatic heterocycles. The van der Waals surface area contributed by atoms with Crippen LogP contribution < -0.4 is 5.32 Å². The minimum atomic E-state index is 0.475. The number of benzene rings is 1. The summed E-state index contributed by atoms with van der Waals surface area (Å²) in [7, 11) is 0. The molecule has 1 aromatic carbocycles. The summed E-state index contributed by atoms with van der Waals surface area (Å²) in [6.07, 6.45) is 5.32. The van der Waals surface area contributed by atoms with Gasteiger partial charge in [-0.05, 0) is 37.9 Å². The zero-order valence-electron chi connectivity index (χ0n) is 10.9. The lowest BCUT2D eigenvalue weighted by Gasteiger charge is -2.16. The largest absolute Gasteiger partial charge is 0.310 e. The van der Waals surface area contributed by atoms with Crippen LogP contribution in [0.15, 0.2) is 24.3 Å². The molecule has 1 N–H and O–H groups in total. The Morgan fingerprint density at radius 2 is 1.88 bits per heavy atom. The van der Waals surface area contributed by atoms with Crippen LogP contribution in [0, 0.1) is 6.92 Å². The SMILES string of the molecule is CCCCCCN[C@@H](C)c1ccccc1C. The van der Waals surface area contributed by atoms with Crippen LogP contribution in [0.2, 0.25) is 0 Å². The van der Waals surface area contributed by atoms with Gasteiger partial charge in [-0.2, -0.15) is 0 Å². The second-order valence-electron chi connectivity index (χ2n) is 4.59. The molecule has 1 atom stereocenters. The molecule has 0 aliphatic carbocycles. The fourth-order valence-electron chi connectivity index (χ4n) is 2.05. The lowest BCUT2D eigenvalue weighted by molar-refractivity contribution is 0.535. The van der Waals surface area contributed by atoms with Crippen molar-refractivity contribution in [3.8, 4) is 0 Å². The van der Waals surface area contributed by atoms with Gasteiger partial charge in [0.2, 0.25) is 0 Å². The van der Waals surface area contributed by atoms with Gasteiger partial charge in [-0.1, -0.05) is 50.5 Å². The van der Waals surface area contributed by atoms with Crippen LogP contribution in [-0.2, 0) is 0 Å². The number of hydrogen-bond donors (Lipinski definition) is 1. The van der Waals surface area contributed by atoms with Crippen LogP contribution in [0.25, 0.3) is 0 Å². The van der Waals surface area contributed by atoms with Crippen LogP contribution in [0.1, 0.15) is 56.7 Å². The highest BCUT2D eigenvalue weighted by atomic mass is 14.9. The van der Waals surface area contributed by atoms with Gasteiger partial charge in [0.15, 0.2) is 0 Å². The Labute approximate surface area is 100 Å². The first kappa shape index (κ1) is 13.2. The summed E-state index contributed by atoms with van der Waals surface area (Å²) in [6.45, 7) is 7.83. The molecule has 0 unspecified atom stereocenters. The molecular formula is C15H25N. The van der Waals surface area contributed by atoms with Crippen molar-refractivity contribution < 1.29 is 0 Å². The molecule has 1 rings (SSSR count). The van der Waals surface area contributed by atoms with Crippen molar-refractivity contribution in [2.75, 3.05) is 6.54 Å². The summed E-state index contributed by atoms with van der Waals surface area (Å²) in [5.41, 5.74) is 2.81. The van der Waals surface area contributed by atoms with Gasteiger partial charge in [-0.25, -0.2) is 0 Å². The molecular weight excluding hydrogens is 194 g/mol. The van der Waals surface area contributed by atoms with Gasteiger partial charge >= 0.3 is 0 Å². The van der Waals surface area contributed by atoms with E-state index in [0.29, 0.717) is 6.04 Å². The molecule has 0 amide bonds. The van der Waals surface area contributed by atoms with Crippen molar-refractivity contribution in [1.82, 2.24) is 5.32 Å². The van der Waals surface area contributed by atoms with Crippen molar-refractivity contribution in [3.05, 3.63) is 35.4 Å². The van der Waals surface area contributed by atoms with E-state index in [2.05, 4.69) is 50.4 Å². The van der Waals surface area contributed by atoms with E-state index < -0.39 is 0 Å². The standard InChI is InChI=1S/C15H25N/c1-4-5-6-9-12-16-14(3)15-11-8-7-10-13(15)2/h7-8,10-11,14,16H,4-6,9,12H2,1-3H3/t14-/m0/s1. The minimum Gasteiger partial charge on any atom is -0.310 e. The third kappa shape index (κ3) is 4.36. The fraction of sp³-hybridized carbons (Fsp3) is 0.600. The average Bonchev–Trinajstić information content (AvgIpc) is 2.29. The van der Waals surface area contributed by atoms with E-state index in [1.165, 1.54) is 36.8 Å². The summed E-state index contributed by atoms with van der Waals surface area (Å²) in [5, 5.41) is 3.60. The number of unbranched alkanes of at least 4 members (excludes halogenated alkanes) is 3. The maximum Gasteiger partial charge on any atom is 0.0294 e. The number of rotatable bonds is 7. The molecule has 1 heteroatoms. The Morgan fingerprint density at radius 3 is 2.56 bits per heavy atom. The van der Waals surface area contributed by atoms with E-state index in [-0.39, 0.29) is 0 Å². The summed E-state index contributed by atoms with van der Waals surface area (Å²) in [6, 6.07) is 9.11. The Kier molecular flexibility index (Phi) is 6.17. The highest BCUT2D eigenvalue weighted by molar-refractivity contribution is 5.28. The smallest absolute Gasteiger partial charge is 0.0294 e. The number of aryl methyl sites for hydroxylation is 1. The molecule has 0 saturated heterocycles. The second kappa shape index (κ2) is 7.45. The maximum absolute atomic E-state index is 3.60. The molecule has 0 fully saturated rings. The van der Waals surface area contributed by atoms with E-state index in [9.17, 15) is 0 Å². The predicted molar refractivity (Wildman–Crippen MR) is 71.7 cm³/mol. The Balaban J connectivity index is 2.30. The van der Waals surface area contributed by atoms with E-state index in [1.54, 1.807) is 0 Å². The third-order valence-electron chi connectivity index (χ3n) is 3.14. The highest BCUT2D eigenvalue weighted by Crippen LogP contribution is 2.16. The van der Waals surface area contributed by atoms with E-state index in [1.807, 2.05) is 0 Å². The van der Waals surface area contributed by atoms with Crippen LogP contribution in [-0.4, -0.2) is 6.54 Å². The van der Waals surface area contributed by atoms with E-state index in [4.69, 9.17) is 0 Å². The summed E-state index contributed by atoms with van der Waals surface area (Å²) >= 11 is 0. The Morgan fingerprint density at radius 1 is 1.12 bits per heavy atom. The molecule has 0 spiro atoms. The van der Waals surface area contributed by atoms with Gasteiger partial charge in [0.25, 0.3) is 0 Å². The first-order valence-electron chi connectivity index (χ1n) is 6.54. The minimum absolute atomic E-state index is 0.475. The molecule has 0 radical (unpaired) electrons. The van der Waals surface area contributed by atoms with Crippen molar-refractivity contribution in [2.24, 2.45) is 0 Å². The van der Waals surface area contributed by atoms with Gasteiger partial charge in [0.1, 0.15) is 0 Å². The first-order valence-corrected chi connectivity index (χ1v) is 6.54. The molecule has 0 aliphatic rings. The van der Waals surface area contributed by atoms with Gasteiger partial charge in [-0.3, -0.25) is 0 Å². The van der Waals surface area contributed by atoms with E-state index in [0.717, 1.165) is 6.54 Å². The predicted octanol–water partition coefficient (Wildman–Crippen LogP) is 4.23. The first-order chi connectivity index (χ1) is 7.75. The van der Waals surface area contributed by atoms with E-state index >= 15 is 0 Å². The second-order valence-corrected chi connectivity index (χ2v) is 4.59. The summed E-state index contributed by atoms with van der Waals surface area (Å²) in [5.74, 6) is 0. The highest BCUT2D eigenvalue weighted by Gasteiger charge is 2.05. The van der Waals surface area contributed by atoms with Crippen LogP contribution in [0.5, 0.6) is 0 Å². The van der Waals surface area contributed by atoms with Crippen molar-refractivity contribution >= 4 is 0 Å². The van der Waals surface area contributed by atoms with Gasteiger partial charge in [0.05, 0.1) is 0 Å². The van der Waals surface area contributed by atoms with Gasteiger partial charge in [-0.15, -0.1) is 0 Å². The topological polar surface area (TPSA) is 12.0 Å². The molecule has 90 valence electrons. The lowest BCUT2D eigenvalue weighted by Crippen LogP contribution is -2.20. The fourth-order valence-corrected chi connectivity index (χ4v) is 2.05. The normalized spacial score (nSPS) is 12.7. The van der Waals surface area contributed by atoms with Gasteiger partial charge in [0, 0.05) is 6.04 Å². The third-order valence-corrected chi connectivity index (χ3v) is 3.14. The average molecular weight is 219 g/mol. The Hall–Kier alpha value is -0.820. The van der Waals surface area contributed by atoms with Crippen molar-refractivity contribution in [2.45, 2.75) is 52.5 Å². The molecule has 0 aliphatic heterocycles. The zero-order valence-corrected chi connectivity index (χ0v) is 10.9. The van der Waals surface area contributed by atoms with Gasteiger partial charge < -0.3 is 5.32 Å². The number of nitrogens with one attached hydrogen (secondary N) is 1. The van der Waals surface area contributed by atoms with Crippen LogP contribution in [0.4, 0.5) is 0 Å². The molecule has 0 heterocycles.